The van der Waals surface area contributed by atoms with Crippen LogP contribution in [0, 0.1) is 11.3 Å². The molecule has 0 aliphatic carbocycles. The normalized spacial score (nSPS) is 10.1. The number of rotatable bonds is 6. The second kappa shape index (κ2) is 9.58. The lowest BCUT2D eigenvalue weighted by molar-refractivity contribution is -0.137. The highest BCUT2D eigenvalue weighted by Crippen LogP contribution is 2.29. The maximum atomic E-state index is 12.6. The number of carbonyl (C=O) groups is 2. The molecule has 0 atom stereocenters. The van der Waals surface area contributed by atoms with E-state index in [1.165, 1.54) is 13.2 Å². The summed E-state index contributed by atoms with van der Waals surface area (Å²) < 4.78 is 4.60. The van der Waals surface area contributed by atoms with Crippen LogP contribution in [0.25, 0.3) is 11.1 Å². The van der Waals surface area contributed by atoms with E-state index in [1.54, 1.807) is 36.4 Å². The maximum Gasteiger partial charge on any atom is 0.316 e. The number of amides is 1. The molecule has 150 valence electrons. The number of benzene rings is 2. The van der Waals surface area contributed by atoms with Crippen molar-refractivity contribution in [3.8, 4) is 17.2 Å². The summed E-state index contributed by atoms with van der Waals surface area (Å²) in [6, 6.07) is 19.1. The van der Waals surface area contributed by atoms with E-state index >= 15 is 0 Å². The van der Waals surface area contributed by atoms with E-state index in [9.17, 15) is 19.6 Å². The van der Waals surface area contributed by atoms with Gasteiger partial charge in [0, 0.05) is 22.9 Å². The fraction of sp³-hybridized carbons (Fsp3) is 0.0909. The number of pyridine rings is 1. The first-order valence-corrected chi connectivity index (χ1v) is 9.84. The summed E-state index contributed by atoms with van der Waals surface area (Å²) in [7, 11) is 1.26. The van der Waals surface area contributed by atoms with Gasteiger partial charge in [0.05, 0.1) is 23.5 Å². The van der Waals surface area contributed by atoms with Crippen molar-refractivity contribution in [3.63, 3.8) is 0 Å². The summed E-state index contributed by atoms with van der Waals surface area (Å²) in [4.78, 5) is 38.8. The number of nitriles is 1. The number of carbonyl (C=O) groups excluding carboxylic acids is 2. The van der Waals surface area contributed by atoms with E-state index in [1.807, 2.05) is 18.2 Å². The first-order valence-electron chi connectivity index (χ1n) is 8.85. The highest BCUT2D eigenvalue weighted by molar-refractivity contribution is 7.99. The van der Waals surface area contributed by atoms with Crippen LogP contribution in [0.15, 0.2) is 70.5 Å². The predicted octanol–water partition coefficient (Wildman–Crippen LogP) is 3.43. The number of nitrogens with zero attached hydrogens (tertiary/aromatic N) is 1. The Balaban J connectivity index is 1.96. The molecular formula is C22H17N3O4S. The zero-order valence-electron chi connectivity index (χ0n) is 16.0. The van der Waals surface area contributed by atoms with Crippen LogP contribution in [0.3, 0.4) is 0 Å². The van der Waals surface area contributed by atoms with Gasteiger partial charge >= 0.3 is 5.97 Å². The van der Waals surface area contributed by atoms with Crippen LogP contribution in [0.1, 0.15) is 15.9 Å². The second-order valence-corrected chi connectivity index (χ2v) is 7.11. The number of hydrogen-bond acceptors (Lipinski definition) is 6. The number of aromatic amines is 1. The Morgan fingerprint density at radius 2 is 1.90 bits per heavy atom. The summed E-state index contributed by atoms with van der Waals surface area (Å²) in [5.41, 5.74) is 1.74. The molecule has 3 rings (SSSR count). The van der Waals surface area contributed by atoms with Gasteiger partial charge in [-0.25, -0.2) is 0 Å². The Morgan fingerprint density at radius 3 is 2.60 bits per heavy atom. The fourth-order valence-corrected chi connectivity index (χ4v) is 3.58. The van der Waals surface area contributed by atoms with Crippen LogP contribution >= 0.6 is 11.8 Å². The lowest BCUT2D eigenvalue weighted by Crippen LogP contribution is -2.12. The molecule has 2 aromatic carbocycles. The molecule has 7 nitrogen and oxygen atoms in total. The molecule has 2 N–H and O–H groups in total. The van der Waals surface area contributed by atoms with E-state index in [-0.39, 0.29) is 22.2 Å². The average molecular weight is 419 g/mol. The van der Waals surface area contributed by atoms with Crippen molar-refractivity contribution in [3.05, 3.63) is 82.1 Å². The van der Waals surface area contributed by atoms with Crippen LogP contribution in [-0.2, 0) is 9.53 Å². The third-order valence-electron chi connectivity index (χ3n) is 4.15. The van der Waals surface area contributed by atoms with Crippen LogP contribution < -0.4 is 10.9 Å². The fourth-order valence-electron chi connectivity index (χ4n) is 2.73. The lowest BCUT2D eigenvalue weighted by Gasteiger charge is -2.10. The molecular weight excluding hydrogens is 402 g/mol. The number of thioether (sulfide) groups is 1. The maximum absolute atomic E-state index is 12.6. The molecule has 0 fully saturated rings. The number of anilines is 1. The molecule has 0 bridgehead atoms. The Hall–Kier alpha value is -3.83. The van der Waals surface area contributed by atoms with Crippen LogP contribution in [-0.4, -0.2) is 29.7 Å². The molecule has 1 aromatic heterocycles. The van der Waals surface area contributed by atoms with Crippen molar-refractivity contribution in [2.75, 3.05) is 18.2 Å². The molecule has 0 spiro atoms. The summed E-state index contributed by atoms with van der Waals surface area (Å²) in [5.74, 6) is -0.842. The predicted molar refractivity (Wildman–Crippen MR) is 114 cm³/mol. The molecule has 3 aromatic rings. The van der Waals surface area contributed by atoms with Gasteiger partial charge in [0.15, 0.2) is 0 Å². The largest absolute Gasteiger partial charge is 0.468 e. The molecule has 1 amide bonds. The third kappa shape index (κ3) is 4.96. The monoisotopic (exact) mass is 419 g/mol. The average Bonchev–Trinajstić information content (AvgIpc) is 2.77. The van der Waals surface area contributed by atoms with Gasteiger partial charge in [-0.15, -0.1) is 0 Å². The van der Waals surface area contributed by atoms with Crippen LogP contribution in [0.4, 0.5) is 5.69 Å². The van der Waals surface area contributed by atoms with Crippen molar-refractivity contribution in [1.29, 1.82) is 5.26 Å². The SMILES string of the molecule is COC(=O)CSc1[nH]c(=O)cc(-c2cccc(C(=O)Nc3ccccc3)c2)c1C#N. The smallest absolute Gasteiger partial charge is 0.316 e. The van der Waals surface area contributed by atoms with Gasteiger partial charge in [0.25, 0.3) is 5.91 Å². The van der Waals surface area contributed by atoms with E-state index in [4.69, 9.17) is 0 Å². The summed E-state index contributed by atoms with van der Waals surface area (Å²) in [5, 5.41) is 12.7. The van der Waals surface area contributed by atoms with Crippen molar-refractivity contribution in [1.82, 2.24) is 4.98 Å². The first-order chi connectivity index (χ1) is 14.5. The zero-order chi connectivity index (χ0) is 21.5. The van der Waals surface area contributed by atoms with E-state index in [2.05, 4.69) is 21.1 Å². The van der Waals surface area contributed by atoms with Crippen molar-refractivity contribution < 1.29 is 14.3 Å². The Kier molecular flexibility index (Phi) is 6.67. The molecule has 0 unspecified atom stereocenters. The van der Waals surface area contributed by atoms with Gasteiger partial charge in [-0.1, -0.05) is 42.1 Å². The molecule has 0 aliphatic heterocycles. The molecule has 8 heteroatoms. The number of esters is 1. The molecule has 0 saturated heterocycles. The van der Waals surface area contributed by atoms with Gasteiger partial charge < -0.3 is 15.0 Å². The van der Waals surface area contributed by atoms with Crippen molar-refractivity contribution in [2.24, 2.45) is 0 Å². The number of para-hydroxylation sites is 1. The summed E-state index contributed by atoms with van der Waals surface area (Å²) in [6.07, 6.45) is 0. The van der Waals surface area contributed by atoms with Gasteiger partial charge in [0.1, 0.15) is 6.07 Å². The Morgan fingerprint density at radius 1 is 1.13 bits per heavy atom. The summed E-state index contributed by atoms with van der Waals surface area (Å²) in [6.45, 7) is 0. The molecule has 0 aliphatic rings. The van der Waals surface area contributed by atoms with Crippen molar-refractivity contribution >= 4 is 29.3 Å². The second-order valence-electron chi connectivity index (χ2n) is 6.13. The highest BCUT2D eigenvalue weighted by atomic mass is 32.2. The number of H-pyrrole nitrogens is 1. The van der Waals surface area contributed by atoms with Crippen LogP contribution in [0.2, 0.25) is 0 Å². The topological polar surface area (TPSA) is 112 Å². The van der Waals surface area contributed by atoms with E-state index < -0.39 is 11.5 Å². The quantitative estimate of drug-likeness (QED) is 0.468. The Bertz CT molecular complexity index is 1180. The Labute approximate surface area is 176 Å². The first kappa shape index (κ1) is 20.9. The van der Waals surface area contributed by atoms with Crippen LogP contribution in [0.5, 0.6) is 0 Å². The minimum absolute atomic E-state index is 0.0515. The zero-order valence-corrected chi connectivity index (χ0v) is 16.8. The van der Waals surface area contributed by atoms with E-state index in [0.29, 0.717) is 22.4 Å². The number of hydrogen-bond donors (Lipinski definition) is 2. The lowest BCUT2D eigenvalue weighted by atomic mass is 10.00. The van der Waals surface area contributed by atoms with Crippen molar-refractivity contribution in [2.45, 2.75) is 5.03 Å². The van der Waals surface area contributed by atoms with Gasteiger partial charge in [-0.05, 0) is 29.8 Å². The van der Waals surface area contributed by atoms with E-state index in [0.717, 1.165) is 11.8 Å². The third-order valence-corrected chi connectivity index (χ3v) is 5.12. The standard InChI is InChI=1S/C22H17N3O4S/c1-29-20(27)13-30-22-18(12-23)17(11-19(26)25-22)14-6-5-7-15(10-14)21(28)24-16-8-3-2-4-9-16/h2-11H,13H2,1H3,(H,24,28)(H,25,26). The molecule has 1 heterocycles. The van der Waals surface area contributed by atoms with Gasteiger partial charge in [0.2, 0.25) is 5.56 Å². The number of aromatic nitrogens is 1. The summed E-state index contributed by atoms with van der Waals surface area (Å²) >= 11 is 1.01. The molecule has 0 radical (unpaired) electrons. The van der Waals surface area contributed by atoms with Gasteiger partial charge in [-0.2, -0.15) is 5.26 Å². The minimum atomic E-state index is -0.477. The number of methoxy groups -OCH3 is 1. The molecule has 30 heavy (non-hydrogen) atoms. The van der Waals surface area contributed by atoms with Gasteiger partial charge in [-0.3, -0.25) is 14.4 Å². The number of ether oxygens (including phenoxy) is 1. The molecule has 0 saturated carbocycles. The highest BCUT2D eigenvalue weighted by Gasteiger charge is 2.16. The number of nitrogens with one attached hydrogen (secondary N) is 2. The minimum Gasteiger partial charge on any atom is -0.468 e.